The summed E-state index contributed by atoms with van der Waals surface area (Å²) in [5.74, 6) is 0.930. The standard InChI is InChI=1S/C15H25NO2.ClH/c1-4-14(16)11-13-10-12(8-9-18-5-2)6-7-15(13)17-3;/h6-7,10,14H,4-5,8-9,11,16H2,1-3H3;1H. The molecule has 0 saturated heterocycles. The topological polar surface area (TPSA) is 44.5 Å². The van der Waals surface area contributed by atoms with E-state index in [1.807, 2.05) is 13.0 Å². The van der Waals surface area contributed by atoms with Gasteiger partial charge in [0.25, 0.3) is 0 Å². The van der Waals surface area contributed by atoms with Crippen molar-refractivity contribution in [3.63, 3.8) is 0 Å². The minimum Gasteiger partial charge on any atom is -0.496 e. The number of rotatable bonds is 8. The van der Waals surface area contributed by atoms with E-state index >= 15 is 0 Å². The van der Waals surface area contributed by atoms with Crippen molar-refractivity contribution in [2.45, 2.75) is 39.2 Å². The summed E-state index contributed by atoms with van der Waals surface area (Å²) in [5, 5.41) is 0. The van der Waals surface area contributed by atoms with Crippen LogP contribution in [0.5, 0.6) is 5.75 Å². The second kappa shape index (κ2) is 10.1. The molecule has 1 aromatic rings. The van der Waals surface area contributed by atoms with Gasteiger partial charge in [-0.2, -0.15) is 0 Å². The van der Waals surface area contributed by atoms with E-state index in [4.69, 9.17) is 15.2 Å². The average molecular weight is 288 g/mol. The highest BCUT2D eigenvalue weighted by molar-refractivity contribution is 5.85. The van der Waals surface area contributed by atoms with E-state index in [1.165, 1.54) is 11.1 Å². The van der Waals surface area contributed by atoms with Gasteiger partial charge < -0.3 is 15.2 Å². The van der Waals surface area contributed by atoms with Crippen LogP contribution in [0, 0.1) is 0 Å². The van der Waals surface area contributed by atoms with Gasteiger partial charge in [0.05, 0.1) is 13.7 Å². The maximum atomic E-state index is 6.02. The van der Waals surface area contributed by atoms with Crippen molar-refractivity contribution in [3.8, 4) is 5.75 Å². The van der Waals surface area contributed by atoms with Crippen LogP contribution in [0.1, 0.15) is 31.4 Å². The van der Waals surface area contributed by atoms with Crippen LogP contribution in [0.3, 0.4) is 0 Å². The second-order valence-corrected chi connectivity index (χ2v) is 4.47. The average Bonchev–Trinajstić information content (AvgIpc) is 2.39. The van der Waals surface area contributed by atoms with Crippen LogP contribution in [0.4, 0.5) is 0 Å². The summed E-state index contributed by atoms with van der Waals surface area (Å²) >= 11 is 0. The smallest absolute Gasteiger partial charge is 0.122 e. The molecule has 110 valence electrons. The van der Waals surface area contributed by atoms with Crippen LogP contribution in [0.25, 0.3) is 0 Å². The Morgan fingerprint density at radius 3 is 2.58 bits per heavy atom. The molecule has 1 atom stereocenters. The van der Waals surface area contributed by atoms with E-state index in [-0.39, 0.29) is 18.4 Å². The Morgan fingerprint density at radius 1 is 1.26 bits per heavy atom. The summed E-state index contributed by atoms with van der Waals surface area (Å²) in [5.41, 5.74) is 8.50. The van der Waals surface area contributed by atoms with Crippen molar-refractivity contribution in [2.75, 3.05) is 20.3 Å². The molecule has 0 radical (unpaired) electrons. The summed E-state index contributed by atoms with van der Waals surface area (Å²) < 4.78 is 10.8. The molecule has 0 aliphatic rings. The fourth-order valence-corrected chi connectivity index (χ4v) is 1.91. The number of hydrogen-bond acceptors (Lipinski definition) is 3. The Hall–Kier alpha value is -0.770. The molecular formula is C15H26ClNO2. The molecule has 0 amide bonds. The predicted molar refractivity (Wildman–Crippen MR) is 82.4 cm³/mol. The molecule has 0 heterocycles. The van der Waals surface area contributed by atoms with Crippen LogP contribution < -0.4 is 10.5 Å². The molecule has 1 rings (SSSR count). The lowest BCUT2D eigenvalue weighted by atomic mass is 10.0. The molecule has 1 unspecified atom stereocenters. The Kier molecular flexibility index (Phi) is 9.66. The van der Waals surface area contributed by atoms with E-state index in [1.54, 1.807) is 7.11 Å². The lowest BCUT2D eigenvalue weighted by Crippen LogP contribution is -2.21. The van der Waals surface area contributed by atoms with Crippen molar-refractivity contribution >= 4 is 12.4 Å². The number of ether oxygens (including phenoxy) is 2. The third kappa shape index (κ3) is 6.28. The number of methoxy groups -OCH3 is 1. The van der Waals surface area contributed by atoms with Gasteiger partial charge in [0.2, 0.25) is 0 Å². The number of halogens is 1. The van der Waals surface area contributed by atoms with Crippen molar-refractivity contribution in [1.82, 2.24) is 0 Å². The lowest BCUT2D eigenvalue weighted by molar-refractivity contribution is 0.151. The zero-order chi connectivity index (χ0) is 13.4. The van der Waals surface area contributed by atoms with Crippen LogP contribution >= 0.6 is 12.4 Å². The predicted octanol–water partition coefficient (Wildman–Crippen LogP) is 2.98. The molecule has 0 spiro atoms. The molecular weight excluding hydrogens is 262 g/mol. The maximum Gasteiger partial charge on any atom is 0.122 e. The van der Waals surface area contributed by atoms with Crippen molar-refractivity contribution in [3.05, 3.63) is 29.3 Å². The summed E-state index contributed by atoms with van der Waals surface area (Å²) in [6.45, 7) is 5.65. The van der Waals surface area contributed by atoms with E-state index in [0.717, 1.165) is 38.2 Å². The highest BCUT2D eigenvalue weighted by Crippen LogP contribution is 2.22. The van der Waals surface area contributed by atoms with E-state index in [9.17, 15) is 0 Å². The second-order valence-electron chi connectivity index (χ2n) is 4.47. The Bertz CT molecular complexity index is 358. The highest BCUT2D eigenvalue weighted by atomic mass is 35.5. The normalized spacial score (nSPS) is 11.8. The van der Waals surface area contributed by atoms with Crippen molar-refractivity contribution in [2.24, 2.45) is 5.73 Å². The van der Waals surface area contributed by atoms with Gasteiger partial charge in [0.1, 0.15) is 5.75 Å². The van der Waals surface area contributed by atoms with Gasteiger partial charge >= 0.3 is 0 Å². The molecule has 0 aliphatic heterocycles. The monoisotopic (exact) mass is 287 g/mol. The first-order valence-corrected chi connectivity index (χ1v) is 6.70. The summed E-state index contributed by atoms with van der Waals surface area (Å²) in [6, 6.07) is 6.51. The molecule has 2 N–H and O–H groups in total. The largest absolute Gasteiger partial charge is 0.496 e. The third-order valence-electron chi connectivity index (χ3n) is 3.09. The van der Waals surface area contributed by atoms with Gasteiger partial charge in [-0.05, 0) is 43.4 Å². The van der Waals surface area contributed by atoms with E-state index in [0.29, 0.717) is 0 Å². The fraction of sp³-hybridized carbons (Fsp3) is 0.600. The van der Waals surface area contributed by atoms with E-state index in [2.05, 4.69) is 19.1 Å². The highest BCUT2D eigenvalue weighted by Gasteiger charge is 2.08. The van der Waals surface area contributed by atoms with Crippen LogP contribution in [0.15, 0.2) is 18.2 Å². The molecule has 0 aliphatic carbocycles. The van der Waals surface area contributed by atoms with Crippen molar-refractivity contribution in [1.29, 1.82) is 0 Å². The third-order valence-corrected chi connectivity index (χ3v) is 3.09. The first-order chi connectivity index (χ1) is 8.71. The number of hydrogen-bond donors (Lipinski definition) is 1. The Balaban J connectivity index is 0.00000324. The first-order valence-electron chi connectivity index (χ1n) is 6.70. The van der Waals surface area contributed by atoms with Gasteiger partial charge in [0, 0.05) is 12.6 Å². The minimum absolute atomic E-state index is 0. The molecule has 0 bridgehead atoms. The van der Waals surface area contributed by atoms with E-state index < -0.39 is 0 Å². The zero-order valence-corrected chi connectivity index (χ0v) is 13.0. The van der Waals surface area contributed by atoms with Gasteiger partial charge in [-0.1, -0.05) is 19.1 Å². The zero-order valence-electron chi connectivity index (χ0n) is 12.1. The van der Waals surface area contributed by atoms with Crippen LogP contribution in [-0.4, -0.2) is 26.4 Å². The van der Waals surface area contributed by atoms with Gasteiger partial charge in [-0.15, -0.1) is 12.4 Å². The van der Waals surface area contributed by atoms with Gasteiger partial charge in [-0.3, -0.25) is 0 Å². The quantitative estimate of drug-likeness (QED) is 0.748. The number of benzene rings is 1. The van der Waals surface area contributed by atoms with Crippen LogP contribution in [0.2, 0.25) is 0 Å². The SMILES string of the molecule is CCOCCc1ccc(OC)c(CC(N)CC)c1.Cl. The van der Waals surface area contributed by atoms with Crippen molar-refractivity contribution < 1.29 is 9.47 Å². The summed E-state index contributed by atoms with van der Waals surface area (Å²) in [6.07, 6.45) is 2.78. The summed E-state index contributed by atoms with van der Waals surface area (Å²) in [4.78, 5) is 0. The molecule has 3 nitrogen and oxygen atoms in total. The molecule has 19 heavy (non-hydrogen) atoms. The molecule has 0 saturated carbocycles. The maximum absolute atomic E-state index is 6.02. The minimum atomic E-state index is 0. The molecule has 0 fully saturated rings. The Morgan fingerprint density at radius 2 is 2.00 bits per heavy atom. The Labute approximate surface area is 122 Å². The fourth-order valence-electron chi connectivity index (χ4n) is 1.91. The van der Waals surface area contributed by atoms with Gasteiger partial charge in [0.15, 0.2) is 0 Å². The van der Waals surface area contributed by atoms with Gasteiger partial charge in [-0.25, -0.2) is 0 Å². The molecule has 0 aromatic heterocycles. The molecule has 4 heteroatoms. The number of nitrogens with two attached hydrogens (primary N) is 1. The van der Waals surface area contributed by atoms with Crippen LogP contribution in [-0.2, 0) is 17.6 Å². The first kappa shape index (κ1) is 18.2. The summed E-state index contributed by atoms with van der Waals surface area (Å²) in [7, 11) is 1.70. The molecule has 1 aromatic carbocycles. The lowest BCUT2D eigenvalue weighted by Gasteiger charge is -2.14.